The smallest absolute Gasteiger partial charge is 0.0591 e. The van der Waals surface area contributed by atoms with Crippen molar-refractivity contribution in [3.05, 3.63) is 68.1 Å². The molecule has 0 aromatic heterocycles. The second-order valence-corrected chi connectivity index (χ2v) is 6.72. The Kier molecular flexibility index (Phi) is 5.86. The van der Waals surface area contributed by atoms with Gasteiger partial charge >= 0.3 is 0 Å². The van der Waals surface area contributed by atoms with Crippen LogP contribution in [0.15, 0.2) is 40.9 Å². The molecule has 0 radical (unpaired) electrons. The Morgan fingerprint density at radius 2 is 1.86 bits per heavy atom. The molecule has 3 heteroatoms. The number of nitrogens with one attached hydrogen (secondary N) is 1. The molecule has 1 nitrogen and oxygen atoms in total. The van der Waals surface area contributed by atoms with Crippen LogP contribution in [-0.2, 0) is 0 Å². The highest BCUT2D eigenvalue weighted by molar-refractivity contribution is 9.10. The molecule has 0 spiro atoms. The molecule has 0 amide bonds. The molecular formula is C18H21BrClN. The highest BCUT2D eigenvalue weighted by atomic mass is 79.9. The minimum absolute atomic E-state index is 0.129. The van der Waals surface area contributed by atoms with Gasteiger partial charge in [0.2, 0.25) is 0 Å². The van der Waals surface area contributed by atoms with Gasteiger partial charge in [-0.3, -0.25) is 0 Å². The van der Waals surface area contributed by atoms with Gasteiger partial charge in [-0.05, 0) is 61.2 Å². The summed E-state index contributed by atoms with van der Waals surface area (Å²) < 4.78 is 1.01. The number of rotatable bonds is 5. The van der Waals surface area contributed by atoms with E-state index >= 15 is 0 Å². The van der Waals surface area contributed by atoms with Crippen molar-refractivity contribution in [3.8, 4) is 0 Å². The average Bonchev–Trinajstić information content (AvgIpc) is 2.44. The summed E-state index contributed by atoms with van der Waals surface area (Å²) in [5, 5.41) is 4.40. The summed E-state index contributed by atoms with van der Waals surface area (Å²) >= 11 is 9.92. The Morgan fingerprint density at radius 1 is 1.10 bits per heavy atom. The van der Waals surface area contributed by atoms with E-state index in [0.29, 0.717) is 0 Å². The van der Waals surface area contributed by atoms with Gasteiger partial charge in [-0.15, -0.1) is 0 Å². The zero-order valence-corrected chi connectivity index (χ0v) is 15.1. The summed E-state index contributed by atoms with van der Waals surface area (Å²) in [6.07, 6.45) is 1.09. The Labute approximate surface area is 140 Å². The van der Waals surface area contributed by atoms with Gasteiger partial charge in [-0.25, -0.2) is 0 Å². The van der Waals surface area contributed by atoms with Gasteiger partial charge in [0.15, 0.2) is 0 Å². The summed E-state index contributed by atoms with van der Waals surface area (Å²) in [5.41, 5.74) is 5.01. The molecule has 112 valence electrons. The van der Waals surface area contributed by atoms with Crippen LogP contribution in [-0.4, -0.2) is 6.54 Å². The molecule has 1 N–H and O–H groups in total. The molecule has 0 fully saturated rings. The molecule has 1 unspecified atom stereocenters. The summed E-state index contributed by atoms with van der Waals surface area (Å²) in [4.78, 5) is 0. The molecule has 0 aliphatic rings. The van der Waals surface area contributed by atoms with Crippen molar-refractivity contribution >= 4 is 27.5 Å². The first-order valence-electron chi connectivity index (χ1n) is 7.28. The van der Waals surface area contributed by atoms with E-state index in [0.717, 1.165) is 28.0 Å². The Bertz CT molecular complexity index is 625. The molecule has 0 bridgehead atoms. The number of benzene rings is 2. The predicted molar refractivity (Wildman–Crippen MR) is 95.2 cm³/mol. The predicted octanol–water partition coefficient (Wildman–Crippen LogP) is 5.81. The van der Waals surface area contributed by atoms with Gasteiger partial charge in [-0.1, -0.05) is 58.7 Å². The number of halogens is 2. The van der Waals surface area contributed by atoms with Crippen LogP contribution in [0.25, 0.3) is 0 Å². The van der Waals surface area contributed by atoms with Gasteiger partial charge in [-0.2, -0.15) is 0 Å². The molecule has 0 aliphatic carbocycles. The van der Waals surface area contributed by atoms with Gasteiger partial charge in [0, 0.05) is 9.50 Å². The van der Waals surface area contributed by atoms with Crippen molar-refractivity contribution < 1.29 is 0 Å². The summed E-state index contributed by atoms with van der Waals surface area (Å²) in [6.45, 7) is 7.43. The number of hydrogen-bond donors (Lipinski definition) is 1. The van der Waals surface area contributed by atoms with Crippen LogP contribution in [0.1, 0.15) is 41.6 Å². The summed E-state index contributed by atoms with van der Waals surface area (Å²) in [6, 6.07) is 12.8. The van der Waals surface area contributed by atoms with Crippen LogP contribution in [0.5, 0.6) is 0 Å². The van der Waals surface area contributed by atoms with Gasteiger partial charge < -0.3 is 5.32 Å². The van der Waals surface area contributed by atoms with Crippen molar-refractivity contribution in [2.24, 2.45) is 0 Å². The normalized spacial score (nSPS) is 12.4. The molecule has 2 rings (SSSR count). The topological polar surface area (TPSA) is 12.0 Å². The Balaban J connectivity index is 2.44. The minimum Gasteiger partial charge on any atom is -0.306 e. The van der Waals surface area contributed by atoms with E-state index in [1.54, 1.807) is 0 Å². The fourth-order valence-electron chi connectivity index (χ4n) is 2.38. The average molecular weight is 367 g/mol. The molecule has 0 heterocycles. The lowest BCUT2D eigenvalue weighted by Gasteiger charge is -2.22. The van der Waals surface area contributed by atoms with Crippen LogP contribution in [0.3, 0.4) is 0 Å². The maximum Gasteiger partial charge on any atom is 0.0591 e. The molecule has 21 heavy (non-hydrogen) atoms. The lowest BCUT2D eigenvalue weighted by molar-refractivity contribution is 0.598. The van der Waals surface area contributed by atoms with E-state index < -0.39 is 0 Å². The molecule has 0 aliphatic heterocycles. The second kappa shape index (κ2) is 7.44. The quantitative estimate of drug-likeness (QED) is 0.704. The van der Waals surface area contributed by atoms with E-state index in [-0.39, 0.29) is 6.04 Å². The Morgan fingerprint density at radius 3 is 2.48 bits per heavy atom. The third-order valence-electron chi connectivity index (χ3n) is 3.74. The van der Waals surface area contributed by atoms with E-state index in [2.05, 4.69) is 66.3 Å². The monoisotopic (exact) mass is 365 g/mol. The summed E-state index contributed by atoms with van der Waals surface area (Å²) in [7, 11) is 0. The number of hydrogen-bond acceptors (Lipinski definition) is 1. The molecule has 0 saturated carbocycles. The van der Waals surface area contributed by atoms with Gasteiger partial charge in [0.05, 0.1) is 6.04 Å². The fraction of sp³-hybridized carbons (Fsp3) is 0.333. The first kappa shape index (κ1) is 16.5. The highest BCUT2D eigenvalue weighted by Gasteiger charge is 2.17. The molecular weight excluding hydrogens is 346 g/mol. The Hall–Kier alpha value is -0.830. The lowest BCUT2D eigenvalue weighted by atomic mass is 9.95. The standard InChI is InChI=1S/C18H21BrClN/c1-4-9-21-18(14-6-5-12(2)13(3)10-14)16-8-7-15(19)11-17(16)20/h5-8,10-11,18,21H,4,9H2,1-3H3. The summed E-state index contributed by atoms with van der Waals surface area (Å²) in [5.74, 6) is 0. The highest BCUT2D eigenvalue weighted by Crippen LogP contribution is 2.31. The third-order valence-corrected chi connectivity index (χ3v) is 4.56. The van der Waals surface area contributed by atoms with Crippen LogP contribution >= 0.6 is 27.5 Å². The SMILES string of the molecule is CCCNC(c1ccc(C)c(C)c1)c1ccc(Br)cc1Cl. The first-order chi connectivity index (χ1) is 10.0. The van der Waals surface area contributed by atoms with E-state index in [4.69, 9.17) is 11.6 Å². The van der Waals surface area contributed by atoms with E-state index in [9.17, 15) is 0 Å². The van der Waals surface area contributed by atoms with Crippen molar-refractivity contribution in [1.29, 1.82) is 0 Å². The molecule has 2 aromatic rings. The largest absolute Gasteiger partial charge is 0.306 e. The van der Waals surface area contributed by atoms with Crippen molar-refractivity contribution in [3.63, 3.8) is 0 Å². The zero-order valence-electron chi connectivity index (χ0n) is 12.7. The maximum absolute atomic E-state index is 6.45. The second-order valence-electron chi connectivity index (χ2n) is 5.40. The maximum atomic E-state index is 6.45. The van der Waals surface area contributed by atoms with Gasteiger partial charge in [0.25, 0.3) is 0 Å². The van der Waals surface area contributed by atoms with Crippen molar-refractivity contribution in [1.82, 2.24) is 5.32 Å². The minimum atomic E-state index is 0.129. The van der Waals surface area contributed by atoms with Crippen LogP contribution in [0, 0.1) is 13.8 Å². The molecule has 1 atom stereocenters. The molecule has 0 saturated heterocycles. The van der Waals surface area contributed by atoms with Crippen LogP contribution in [0.4, 0.5) is 0 Å². The first-order valence-corrected chi connectivity index (χ1v) is 8.45. The third kappa shape index (κ3) is 4.09. The van der Waals surface area contributed by atoms with Crippen LogP contribution in [0.2, 0.25) is 5.02 Å². The van der Waals surface area contributed by atoms with Crippen LogP contribution < -0.4 is 5.32 Å². The lowest BCUT2D eigenvalue weighted by Crippen LogP contribution is -2.23. The van der Waals surface area contributed by atoms with Gasteiger partial charge in [0.1, 0.15) is 0 Å². The van der Waals surface area contributed by atoms with Crippen molar-refractivity contribution in [2.75, 3.05) is 6.54 Å². The van der Waals surface area contributed by atoms with E-state index in [1.807, 2.05) is 12.1 Å². The van der Waals surface area contributed by atoms with Crippen molar-refractivity contribution in [2.45, 2.75) is 33.2 Å². The van der Waals surface area contributed by atoms with E-state index in [1.165, 1.54) is 16.7 Å². The zero-order chi connectivity index (χ0) is 15.4. The number of aryl methyl sites for hydroxylation is 2. The fourth-order valence-corrected chi connectivity index (χ4v) is 3.16. The molecule has 2 aromatic carbocycles.